The van der Waals surface area contributed by atoms with Crippen molar-refractivity contribution in [2.45, 2.75) is 45.9 Å². The highest BCUT2D eigenvalue weighted by Crippen LogP contribution is 2.13. The Bertz CT molecular complexity index is 283. The molecule has 4 heteroatoms. The van der Waals surface area contributed by atoms with E-state index in [1.807, 2.05) is 20.8 Å². The van der Waals surface area contributed by atoms with Crippen LogP contribution in [-0.4, -0.2) is 22.2 Å². The van der Waals surface area contributed by atoms with Crippen molar-refractivity contribution < 1.29 is 9.52 Å². The van der Waals surface area contributed by atoms with Crippen LogP contribution in [0.4, 0.5) is 0 Å². The average molecular weight is 198 g/mol. The van der Waals surface area contributed by atoms with Crippen molar-refractivity contribution in [3.8, 4) is 0 Å². The molecule has 0 amide bonds. The third kappa shape index (κ3) is 2.82. The molecular formula is C10H18N2O2. The van der Waals surface area contributed by atoms with Crippen LogP contribution < -0.4 is 5.32 Å². The molecule has 0 radical (unpaired) electrons. The number of hydrogen-bond donors (Lipinski definition) is 2. The van der Waals surface area contributed by atoms with Crippen LogP contribution in [0, 0.1) is 6.92 Å². The van der Waals surface area contributed by atoms with Crippen LogP contribution in [0.3, 0.4) is 0 Å². The lowest BCUT2D eigenvalue weighted by atomic mass is 10.2. The van der Waals surface area contributed by atoms with Crippen molar-refractivity contribution in [3.05, 3.63) is 17.8 Å². The second-order valence-electron chi connectivity index (χ2n) is 3.73. The van der Waals surface area contributed by atoms with Crippen molar-refractivity contribution in [2.24, 2.45) is 0 Å². The van der Waals surface area contributed by atoms with Crippen LogP contribution in [-0.2, 0) is 0 Å². The molecule has 0 aliphatic carbocycles. The fourth-order valence-electron chi connectivity index (χ4n) is 1.18. The fourth-order valence-corrected chi connectivity index (χ4v) is 1.18. The van der Waals surface area contributed by atoms with Crippen LogP contribution in [0.5, 0.6) is 0 Å². The van der Waals surface area contributed by atoms with Gasteiger partial charge in [-0.25, -0.2) is 4.98 Å². The van der Waals surface area contributed by atoms with Gasteiger partial charge in [0.05, 0.1) is 18.3 Å². The van der Waals surface area contributed by atoms with Gasteiger partial charge in [0.1, 0.15) is 5.76 Å². The van der Waals surface area contributed by atoms with E-state index >= 15 is 0 Å². The largest absolute Gasteiger partial charge is 0.444 e. The van der Waals surface area contributed by atoms with E-state index in [2.05, 4.69) is 10.3 Å². The summed E-state index contributed by atoms with van der Waals surface area (Å²) in [5.41, 5.74) is 0. The number of aryl methyl sites for hydroxylation is 1. The molecule has 0 bridgehead atoms. The van der Waals surface area contributed by atoms with Crippen molar-refractivity contribution in [1.29, 1.82) is 0 Å². The lowest BCUT2D eigenvalue weighted by Gasteiger charge is -2.19. The van der Waals surface area contributed by atoms with E-state index in [1.54, 1.807) is 13.1 Å². The number of rotatable bonds is 4. The Kier molecular flexibility index (Phi) is 3.66. The van der Waals surface area contributed by atoms with Gasteiger partial charge in [-0.15, -0.1) is 0 Å². The molecule has 0 aliphatic heterocycles. The van der Waals surface area contributed by atoms with E-state index in [1.165, 1.54) is 0 Å². The van der Waals surface area contributed by atoms with Gasteiger partial charge >= 0.3 is 0 Å². The van der Waals surface area contributed by atoms with Gasteiger partial charge in [0, 0.05) is 6.04 Å². The standard InChI is InChI=1S/C10H18N2O2/c1-6-5-11-10(14-6)8(3)12-7(2)9(4)13/h5,7-9,12-13H,1-4H3. The van der Waals surface area contributed by atoms with Crippen LogP contribution >= 0.6 is 0 Å². The van der Waals surface area contributed by atoms with E-state index < -0.39 is 0 Å². The number of nitrogens with zero attached hydrogens (tertiary/aromatic N) is 1. The Morgan fingerprint density at radius 1 is 1.43 bits per heavy atom. The number of aliphatic hydroxyl groups excluding tert-OH is 1. The SMILES string of the molecule is Cc1cnc(C(C)NC(C)C(C)O)o1. The minimum absolute atomic E-state index is 0.0216. The van der Waals surface area contributed by atoms with Gasteiger partial charge in [0.15, 0.2) is 0 Å². The van der Waals surface area contributed by atoms with Gasteiger partial charge in [-0.2, -0.15) is 0 Å². The van der Waals surface area contributed by atoms with Crippen molar-refractivity contribution in [1.82, 2.24) is 10.3 Å². The van der Waals surface area contributed by atoms with E-state index in [0.29, 0.717) is 5.89 Å². The molecule has 0 aliphatic rings. The molecule has 2 N–H and O–H groups in total. The molecule has 0 spiro atoms. The molecule has 0 fully saturated rings. The Hall–Kier alpha value is -0.870. The Morgan fingerprint density at radius 3 is 2.50 bits per heavy atom. The zero-order valence-electron chi connectivity index (χ0n) is 9.11. The van der Waals surface area contributed by atoms with E-state index in [9.17, 15) is 5.11 Å². The first-order chi connectivity index (χ1) is 6.50. The highest BCUT2D eigenvalue weighted by Gasteiger charge is 2.16. The van der Waals surface area contributed by atoms with Crippen LogP contribution in [0.2, 0.25) is 0 Å². The first kappa shape index (κ1) is 11.2. The zero-order valence-corrected chi connectivity index (χ0v) is 9.11. The van der Waals surface area contributed by atoms with Gasteiger partial charge in [-0.05, 0) is 27.7 Å². The third-order valence-corrected chi connectivity index (χ3v) is 2.25. The Balaban J connectivity index is 2.54. The van der Waals surface area contributed by atoms with Gasteiger partial charge < -0.3 is 14.8 Å². The van der Waals surface area contributed by atoms with Crippen LogP contribution in [0.15, 0.2) is 10.6 Å². The molecular weight excluding hydrogens is 180 g/mol. The maximum Gasteiger partial charge on any atom is 0.211 e. The minimum Gasteiger partial charge on any atom is -0.444 e. The molecule has 1 heterocycles. The number of aromatic nitrogens is 1. The summed E-state index contributed by atoms with van der Waals surface area (Å²) in [4.78, 5) is 4.12. The fraction of sp³-hybridized carbons (Fsp3) is 0.700. The average Bonchev–Trinajstić information content (AvgIpc) is 2.51. The quantitative estimate of drug-likeness (QED) is 0.768. The molecule has 0 saturated carbocycles. The number of aliphatic hydroxyl groups is 1. The molecule has 80 valence electrons. The number of oxazole rings is 1. The molecule has 1 rings (SSSR count). The van der Waals surface area contributed by atoms with Crippen LogP contribution in [0.1, 0.15) is 38.5 Å². The van der Waals surface area contributed by atoms with Crippen LogP contribution in [0.25, 0.3) is 0 Å². The predicted molar refractivity (Wildman–Crippen MR) is 53.9 cm³/mol. The predicted octanol–water partition coefficient (Wildman–Crippen LogP) is 1.40. The Labute approximate surface area is 84.3 Å². The summed E-state index contributed by atoms with van der Waals surface area (Å²) >= 11 is 0. The molecule has 3 unspecified atom stereocenters. The molecule has 0 saturated heterocycles. The third-order valence-electron chi connectivity index (χ3n) is 2.25. The van der Waals surface area contributed by atoms with Gasteiger partial charge in [0.25, 0.3) is 0 Å². The van der Waals surface area contributed by atoms with E-state index in [4.69, 9.17) is 4.42 Å². The normalized spacial score (nSPS) is 17.8. The lowest BCUT2D eigenvalue weighted by molar-refractivity contribution is 0.144. The summed E-state index contributed by atoms with van der Waals surface area (Å²) in [7, 11) is 0. The van der Waals surface area contributed by atoms with Gasteiger partial charge in [0.2, 0.25) is 5.89 Å². The monoisotopic (exact) mass is 198 g/mol. The highest BCUT2D eigenvalue weighted by atomic mass is 16.4. The maximum absolute atomic E-state index is 9.31. The van der Waals surface area contributed by atoms with Gasteiger partial charge in [-0.1, -0.05) is 0 Å². The molecule has 0 aromatic carbocycles. The molecule has 4 nitrogen and oxygen atoms in total. The number of hydrogen-bond acceptors (Lipinski definition) is 4. The molecule has 14 heavy (non-hydrogen) atoms. The number of nitrogens with one attached hydrogen (secondary N) is 1. The summed E-state index contributed by atoms with van der Waals surface area (Å²) in [6, 6.07) is 0.0468. The summed E-state index contributed by atoms with van der Waals surface area (Å²) in [6.45, 7) is 7.51. The van der Waals surface area contributed by atoms with Gasteiger partial charge in [-0.3, -0.25) is 0 Å². The maximum atomic E-state index is 9.31. The second-order valence-corrected chi connectivity index (χ2v) is 3.73. The summed E-state index contributed by atoms with van der Waals surface area (Å²) in [5, 5.41) is 12.5. The molecule has 1 aromatic rings. The van der Waals surface area contributed by atoms with E-state index in [0.717, 1.165) is 5.76 Å². The van der Waals surface area contributed by atoms with E-state index in [-0.39, 0.29) is 18.2 Å². The van der Waals surface area contributed by atoms with Crippen molar-refractivity contribution >= 4 is 0 Å². The topological polar surface area (TPSA) is 58.3 Å². The minimum atomic E-state index is -0.381. The smallest absolute Gasteiger partial charge is 0.211 e. The van der Waals surface area contributed by atoms with Crippen molar-refractivity contribution in [3.63, 3.8) is 0 Å². The molecule has 1 aromatic heterocycles. The zero-order chi connectivity index (χ0) is 10.7. The lowest BCUT2D eigenvalue weighted by Crippen LogP contribution is -2.37. The second kappa shape index (κ2) is 4.57. The van der Waals surface area contributed by atoms with Crippen molar-refractivity contribution in [2.75, 3.05) is 0 Å². The molecule has 3 atom stereocenters. The summed E-state index contributed by atoms with van der Waals surface area (Å²) < 4.78 is 5.37. The summed E-state index contributed by atoms with van der Waals surface area (Å²) in [5.74, 6) is 1.47. The highest BCUT2D eigenvalue weighted by molar-refractivity contribution is 4.95. The first-order valence-electron chi connectivity index (χ1n) is 4.87. The Morgan fingerprint density at radius 2 is 2.07 bits per heavy atom. The first-order valence-corrected chi connectivity index (χ1v) is 4.87. The summed E-state index contributed by atoms with van der Waals surface area (Å²) in [6.07, 6.45) is 1.31.